The average Bonchev–Trinajstić information content (AvgIpc) is 2.84. The van der Waals surface area contributed by atoms with E-state index >= 15 is 0 Å². The molecule has 3 aromatic rings. The van der Waals surface area contributed by atoms with Gasteiger partial charge >= 0.3 is 0 Å². The van der Waals surface area contributed by atoms with Crippen LogP contribution in [0.1, 0.15) is 11.4 Å². The zero-order valence-corrected chi connectivity index (χ0v) is 10.6. The number of pyridine rings is 1. The second-order valence-corrected chi connectivity index (χ2v) is 4.35. The van der Waals surface area contributed by atoms with Crippen molar-refractivity contribution >= 4 is 5.52 Å². The van der Waals surface area contributed by atoms with Gasteiger partial charge in [-0.05, 0) is 29.8 Å². The van der Waals surface area contributed by atoms with Gasteiger partial charge in [-0.25, -0.2) is 4.98 Å². The van der Waals surface area contributed by atoms with Crippen LogP contribution >= 0.6 is 0 Å². The van der Waals surface area contributed by atoms with Crippen LogP contribution in [-0.4, -0.2) is 21.6 Å². The Hall–Kier alpha value is -2.49. The average molecular weight is 254 g/mol. The van der Waals surface area contributed by atoms with Gasteiger partial charge in [0.25, 0.3) is 0 Å². The van der Waals surface area contributed by atoms with Gasteiger partial charge in [-0.3, -0.25) is 0 Å². The summed E-state index contributed by atoms with van der Waals surface area (Å²) in [6.45, 7) is 0. The van der Waals surface area contributed by atoms with Crippen LogP contribution in [0.4, 0.5) is 0 Å². The standard InChI is InChI=1S/C15H14N2O2/c1-19-14-3-2-8-17-13(14)10-16-15(17)9-11-4-6-12(18)7-5-11/h2-8,10,18H,9H2,1H3. The van der Waals surface area contributed by atoms with Gasteiger partial charge in [-0.2, -0.15) is 0 Å². The summed E-state index contributed by atoms with van der Waals surface area (Å²) in [5.74, 6) is 2.03. The third-order valence-electron chi connectivity index (χ3n) is 3.13. The van der Waals surface area contributed by atoms with Crippen LogP contribution in [-0.2, 0) is 6.42 Å². The zero-order valence-electron chi connectivity index (χ0n) is 10.6. The first-order valence-electron chi connectivity index (χ1n) is 6.05. The van der Waals surface area contributed by atoms with Crippen molar-refractivity contribution in [2.75, 3.05) is 7.11 Å². The highest BCUT2D eigenvalue weighted by atomic mass is 16.5. The van der Waals surface area contributed by atoms with Crippen LogP contribution in [0.15, 0.2) is 48.8 Å². The van der Waals surface area contributed by atoms with E-state index in [9.17, 15) is 5.11 Å². The van der Waals surface area contributed by atoms with Crippen molar-refractivity contribution in [3.8, 4) is 11.5 Å². The van der Waals surface area contributed by atoms with Gasteiger partial charge in [0.2, 0.25) is 0 Å². The number of phenols is 1. The van der Waals surface area contributed by atoms with Crippen LogP contribution in [0.3, 0.4) is 0 Å². The Morgan fingerprint density at radius 3 is 2.74 bits per heavy atom. The highest BCUT2D eigenvalue weighted by Crippen LogP contribution is 2.21. The number of benzene rings is 1. The molecule has 0 saturated heterocycles. The number of hydrogen-bond donors (Lipinski definition) is 1. The Kier molecular flexibility index (Phi) is 2.83. The van der Waals surface area contributed by atoms with E-state index in [1.165, 1.54) is 0 Å². The lowest BCUT2D eigenvalue weighted by Gasteiger charge is -2.05. The van der Waals surface area contributed by atoms with Crippen LogP contribution in [0, 0.1) is 0 Å². The quantitative estimate of drug-likeness (QED) is 0.781. The van der Waals surface area contributed by atoms with Gasteiger partial charge in [-0.1, -0.05) is 12.1 Å². The maximum Gasteiger partial charge on any atom is 0.144 e. The minimum atomic E-state index is 0.276. The number of aromatic hydroxyl groups is 1. The van der Waals surface area contributed by atoms with E-state index in [4.69, 9.17) is 4.74 Å². The number of aromatic nitrogens is 2. The molecular formula is C15H14N2O2. The topological polar surface area (TPSA) is 46.8 Å². The molecule has 0 atom stereocenters. The number of imidazole rings is 1. The Morgan fingerprint density at radius 2 is 2.00 bits per heavy atom. The summed E-state index contributed by atoms with van der Waals surface area (Å²) >= 11 is 0. The number of methoxy groups -OCH3 is 1. The fraction of sp³-hybridized carbons (Fsp3) is 0.133. The Labute approximate surface area is 110 Å². The largest absolute Gasteiger partial charge is 0.508 e. The number of rotatable bonds is 3. The summed E-state index contributed by atoms with van der Waals surface area (Å²) in [6.07, 6.45) is 4.50. The summed E-state index contributed by atoms with van der Waals surface area (Å²) in [5.41, 5.74) is 2.06. The minimum absolute atomic E-state index is 0.276. The van der Waals surface area contributed by atoms with Gasteiger partial charge in [0.05, 0.1) is 13.3 Å². The van der Waals surface area contributed by atoms with Crippen LogP contribution in [0.2, 0.25) is 0 Å². The van der Waals surface area contributed by atoms with Gasteiger partial charge in [-0.15, -0.1) is 0 Å². The molecule has 0 amide bonds. The summed E-state index contributed by atoms with van der Waals surface area (Å²) in [4.78, 5) is 4.44. The molecule has 19 heavy (non-hydrogen) atoms. The van der Waals surface area contributed by atoms with Crippen molar-refractivity contribution in [1.29, 1.82) is 0 Å². The maximum atomic E-state index is 9.29. The van der Waals surface area contributed by atoms with E-state index in [1.807, 2.05) is 41.1 Å². The molecule has 0 fully saturated rings. The molecule has 2 aromatic heterocycles. The summed E-state index contributed by atoms with van der Waals surface area (Å²) in [5, 5.41) is 9.29. The van der Waals surface area contributed by atoms with Crippen molar-refractivity contribution in [3.63, 3.8) is 0 Å². The van der Waals surface area contributed by atoms with Crippen molar-refractivity contribution in [1.82, 2.24) is 9.38 Å². The second-order valence-electron chi connectivity index (χ2n) is 4.35. The van der Waals surface area contributed by atoms with Crippen molar-refractivity contribution in [2.24, 2.45) is 0 Å². The molecule has 0 radical (unpaired) electrons. The maximum absolute atomic E-state index is 9.29. The Bertz CT molecular complexity index is 702. The normalized spacial score (nSPS) is 10.8. The third-order valence-corrected chi connectivity index (χ3v) is 3.13. The van der Waals surface area contributed by atoms with E-state index in [0.29, 0.717) is 6.42 Å². The molecule has 0 unspecified atom stereocenters. The van der Waals surface area contributed by atoms with E-state index in [1.54, 1.807) is 19.2 Å². The summed E-state index contributed by atoms with van der Waals surface area (Å²) < 4.78 is 7.33. The zero-order chi connectivity index (χ0) is 13.2. The molecule has 2 heterocycles. The van der Waals surface area contributed by atoms with Crippen LogP contribution < -0.4 is 4.74 Å². The molecule has 4 nitrogen and oxygen atoms in total. The van der Waals surface area contributed by atoms with Crippen LogP contribution in [0.5, 0.6) is 11.5 Å². The predicted molar refractivity (Wildman–Crippen MR) is 72.7 cm³/mol. The number of ether oxygens (including phenoxy) is 1. The molecule has 0 spiro atoms. The first-order valence-corrected chi connectivity index (χ1v) is 6.05. The van der Waals surface area contributed by atoms with E-state index < -0.39 is 0 Å². The molecule has 0 bridgehead atoms. The Morgan fingerprint density at radius 1 is 1.21 bits per heavy atom. The van der Waals surface area contributed by atoms with Crippen molar-refractivity contribution < 1.29 is 9.84 Å². The molecule has 96 valence electrons. The fourth-order valence-electron chi connectivity index (χ4n) is 2.15. The minimum Gasteiger partial charge on any atom is -0.508 e. The number of nitrogens with zero attached hydrogens (tertiary/aromatic N) is 2. The highest BCUT2D eigenvalue weighted by Gasteiger charge is 2.08. The molecule has 4 heteroatoms. The van der Waals surface area contributed by atoms with Crippen molar-refractivity contribution in [3.05, 3.63) is 60.2 Å². The van der Waals surface area contributed by atoms with Gasteiger partial charge in [0, 0.05) is 12.6 Å². The van der Waals surface area contributed by atoms with Gasteiger partial charge in [0.1, 0.15) is 22.8 Å². The molecule has 3 rings (SSSR count). The number of fused-ring (bicyclic) bond motifs is 1. The van der Waals surface area contributed by atoms with E-state index in [0.717, 1.165) is 22.7 Å². The lowest BCUT2D eigenvalue weighted by molar-refractivity contribution is 0.418. The summed E-state index contributed by atoms with van der Waals surface area (Å²) in [6, 6.07) is 11.0. The molecule has 0 saturated carbocycles. The lowest BCUT2D eigenvalue weighted by atomic mass is 10.1. The fourth-order valence-corrected chi connectivity index (χ4v) is 2.15. The molecule has 1 N–H and O–H groups in total. The summed E-state index contributed by atoms with van der Waals surface area (Å²) in [7, 11) is 1.65. The number of phenolic OH excluding ortho intramolecular Hbond substituents is 1. The molecular weight excluding hydrogens is 240 g/mol. The van der Waals surface area contributed by atoms with Gasteiger partial charge < -0.3 is 14.2 Å². The molecule has 0 aliphatic rings. The van der Waals surface area contributed by atoms with Crippen molar-refractivity contribution in [2.45, 2.75) is 6.42 Å². The number of hydrogen-bond acceptors (Lipinski definition) is 3. The lowest BCUT2D eigenvalue weighted by Crippen LogP contribution is -1.97. The molecule has 0 aliphatic heterocycles. The SMILES string of the molecule is COc1cccn2c(Cc3ccc(O)cc3)ncc12. The van der Waals surface area contributed by atoms with Crippen LogP contribution in [0.25, 0.3) is 5.52 Å². The predicted octanol–water partition coefficient (Wildman–Crippen LogP) is 2.64. The second kappa shape index (κ2) is 4.65. The third kappa shape index (κ3) is 2.12. The van der Waals surface area contributed by atoms with E-state index in [-0.39, 0.29) is 5.75 Å². The monoisotopic (exact) mass is 254 g/mol. The Balaban J connectivity index is 1.99. The molecule has 1 aromatic carbocycles. The smallest absolute Gasteiger partial charge is 0.144 e. The highest BCUT2D eigenvalue weighted by molar-refractivity contribution is 5.59. The molecule has 0 aliphatic carbocycles. The first kappa shape index (κ1) is 11.6. The first-order chi connectivity index (χ1) is 9.28. The van der Waals surface area contributed by atoms with Gasteiger partial charge in [0.15, 0.2) is 0 Å². The van der Waals surface area contributed by atoms with E-state index in [2.05, 4.69) is 4.98 Å².